The van der Waals surface area contributed by atoms with Crippen molar-refractivity contribution in [2.45, 2.75) is 13.8 Å². The number of methoxy groups -OCH3 is 2. The van der Waals surface area contributed by atoms with E-state index in [1.807, 2.05) is 32.0 Å². The first kappa shape index (κ1) is 27.5. The van der Waals surface area contributed by atoms with E-state index in [4.69, 9.17) is 18.9 Å². The highest BCUT2D eigenvalue weighted by molar-refractivity contribution is 9.10. The number of rotatable bonds is 11. The van der Waals surface area contributed by atoms with Crippen LogP contribution in [0.25, 0.3) is 0 Å². The van der Waals surface area contributed by atoms with Crippen LogP contribution in [0.4, 0.5) is 5.69 Å². The molecule has 3 aromatic carbocycles. The molecule has 0 saturated carbocycles. The Hall–Kier alpha value is -4.05. The van der Waals surface area contributed by atoms with Gasteiger partial charge < -0.3 is 24.3 Å². The number of hydrogen-bond acceptors (Lipinski definition) is 7. The van der Waals surface area contributed by atoms with Gasteiger partial charge in [0.05, 0.1) is 31.5 Å². The number of amides is 2. The van der Waals surface area contributed by atoms with Crippen molar-refractivity contribution >= 4 is 39.6 Å². The number of halogens is 1. The highest BCUT2D eigenvalue weighted by atomic mass is 79.9. The summed E-state index contributed by atoms with van der Waals surface area (Å²) in [4.78, 5) is 24.8. The van der Waals surface area contributed by atoms with Crippen molar-refractivity contribution in [2.24, 2.45) is 5.10 Å². The minimum atomic E-state index is -0.412. The molecule has 3 rings (SSSR count). The third kappa shape index (κ3) is 7.71. The summed E-state index contributed by atoms with van der Waals surface area (Å²) in [5.74, 6) is 1.04. The molecular weight excluding hydrogens is 542 g/mol. The number of nitrogens with one attached hydrogen (secondary N) is 2. The average molecular weight is 570 g/mol. The second-order valence-corrected chi connectivity index (χ2v) is 8.59. The predicted octanol–water partition coefficient (Wildman–Crippen LogP) is 4.95. The van der Waals surface area contributed by atoms with Gasteiger partial charge in [0.1, 0.15) is 0 Å². The lowest BCUT2D eigenvalue weighted by Crippen LogP contribution is -2.20. The summed E-state index contributed by atoms with van der Waals surface area (Å²) in [6, 6.07) is 15.8. The maximum absolute atomic E-state index is 12.5. The van der Waals surface area contributed by atoms with Crippen molar-refractivity contribution in [3.05, 3.63) is 75.8 Å². The molecule has 10 heteroatoms. The molecule has 0 unspecified atom stereocenters. The molecule has 0 aromatic heterocycles. The zero-order chi connectivity index (χ0) is 26.8. The van der Waals surface area contributed by atoms with Crippen molar-refractivity contribution in [3.63, 3.8) is 0 Å². The van der Waals surface area contributed by atoms with Crippen LogP contribution in [-0.2, 0) is 4.79 Å². The number of benzene rings is 3. The van der Waals surface area contributed by atoms with Crippen molar-refractivity contribution in [1.29, 1.82) is 0 Å². The summed E-state index contributed by atoms with van der Waals surface area (Å²) in [7, 11) is 3.02. The van der Waals surface area contributed by atoms with Crippen LogP contribution in [0.15, 0.2) is 64.2 Å². The molecule has 0 aliphatic carbocycles. The van der Waals surface area contributed by atoms with Gasteiger partial charge in [0, 0.05) is 11.3 Å². The topological polar surface area (TPSA) is 107 Å². The molecule has 2 N–H and O–H groups in total. The Morgan fingerprint density at radius 2 is 1.76 bits per heavy atom. The largest absolute Gasteiger partial charge is 0.493 e. The Bertz CT molecular complexity index is 1300. The van der Waals surface area contributed by atoms with Crippen LogP contribution in [0.3, 0.4) is 0 Å². The fourth-order valence-corrected chi connectivity index (χ4v) is 3.90. The lowest BCUT2D eigenvalue weighted by atomic mass is 10.2. The number of aryl methyl sites for hydroxylation is 1. The first-order valence-corrected chi connectivity index (χ1v) is 12.1. The first-order valence-electron chi connectivity index (χ1n) is 11.4. The highest BCUT2D eigenvalue weighted by Gasteiger charge is 2.14. The third-order valence-electron chi connectivity index (χ3n) is 5.01. The molecule has 2 amide bonds. The van der Waals surface area contributed by atoms with Gasteiger partial charge in [-0.2, -0.15) is 5.10 Å². The SMILES string of the molecule is CCOc1cc(C(=O)N/N=C/c2cc(Br)c(OCC(=O)Nc3cccc(C)c3)c(OC)c2)ccc1OC. The first-order chi connectivity index (χ1) is 17.8. The average Bonchev–Trinajstić information content (AvgIpc) is 2.87. The van der Waals surface area contributed by atoms with E-state index in [0.29, 0.717) is 50.9 Å². The normalized spacial score (nSPS) is 10.6. The number of hydrogen-bond donors (Lipinski definition) is 2. The van der Waals surface area contributed by atoms with E-state index < -0.39 is 5.91 Å². The number of hydrazone groups is 1. The molecule has 0 saturated heterocycles. The Morgan fingerprint density at radius 1 is 0.973 bits per heavy atom. The van der Waals surface area contributed by atoms with Crippen molar-refractivity contribution < 1.29 is 28.5 Å². The second-order valence-electron chi connectivity index (χ2n) is 7.74. The monoisotopic (exact) mass is 569 g/mol. The Kier molecular flexibility index (Phi) is 9.91. The number of anilines is 1. The van der Waals surface area contributed by atoms with Crippen LogP contribution >= 0.6 is 15.9 Å². The van der Waals surface area contributed by atoms with E-state index >= 15 is 0 Å². The molecule has 37 heavy (non-hydrogen) atoms. The van der Waals surface area contributed by atoms with Crippen LogP contribution in [0.2, 0.25) is 0 Å². The van der Waals surface area contributed by atoms with Gasteiger partial charge >= 0.3 is 0 Å². The van der Waals surface area contributed by atoms with E-state index in [0.717, 1.165) is 5.56 Å². The lowest BCUT2D eigenvalue weighted by molar-refractivity contribution is -0.118. The molecule has 0 bridgehead atoms. The summed E-state index contributed by atoms with van der Waals surface area (Å²) in [6.07, 6.45) is 1.46. The zero-order valence-corrected chi connectivity index (χ0v) is 22.5. The minimum absolute atomic E-state index is 0.210. The number of carbonyl (C=O) groups is 2. The molecule has 3 aromatic rings. The molecule has 0 aliphatic heterocycles. The maximum Gasteiger partial charge on any atom is 0.271 e. The van der Waals surface area contributed by atoms with Crippen LogP contribution in [0.1, 0.15) is 28.4 Å². The van der Waals surface area contributed by atoms with Gasteiger partial charge in [0.2, 0.25) is 0 Å². The number of ether oxygens (including phenoxy) is 4. The number of nitrogens with zero attached hydrogens (tertiary/aromatic N) is 1. The maximum atomic E-state index is 12.5. The summed E-state index contributed by atoms with van der Waals surface area (Å²) < 4.78 is 22.4. The van der Waals surface area contributed by atoms with E-state index in [2.05, 4.69) is 31.8 Å². The van der Waals surface area contributed by atoms with Crippen LogP contribution in [0.5, 0.6) is 23.0 Å². The van der Waals surface area contributed by atoms with Crippen LogP contribution in [-0.4, -0.2) is 45.5 Å². The van der Waals surface area contributed by atoms with Gasteiger partial charge in [-0.25, -0.2) is 5.43 Å². The van der Waals surface area contributed by atoms with Gasteiger partial charge in [-0.1, -0.05) is 12.1 Å². The fourth-order valence-electron chi connectivity index (χ4n) is 3.33. The van der Waals surface area contributed by atoms with Gasteiger partial charge in [-0.3, -0.25) is 9.59 Å². The van der Waals surface area contributed by atoms with E-state index in [1.165, 1.54) is 20.4 Å². The summed E-state index contributed by atoms with van der Waals surface area (Å²) in [5.41, 5.74) is 5.21. The van der Waals surface area contributed by atoms with Crippen molar-refractivity contribution in [3.8, 4) is 23.0 Å². The number of carbonyl (C=O) groups excluding carboxylic acids is 2. The lowest BCUT2D eigenvalue weighted by Gasteiger charge is -2.13. The third-order valence-corrected chi connectivity index (χ3v) is 5.60. The summed E-state index contributed by atoms with van der Waals surface area (Å²) in [5, 5.41) is 6.83. The molecule has 0 fully saturated rings. The standard InChI is InChI=1S/C27H28BrN3O6/c1-5-36-23-14-19(9-10-22(23)34-3)27(33)31-29-15-18-12-21(28)26(24(13-18)35-4)37-16-25(32)30-20-8-6-7-17(2)11-20/h6-15H,5,16H2,1-4H3,(H,30,32)(H,31,33)/b29-15+. The molecule has 0 radical (unpaired) electrons. The van der Waals surface area contributed by atoms with Gasteiger partial charge in [-0.05, 0) is 83.4 Å². The molecule has 0 aliphatic rings. The van der Waals surface area contributed by atoms with E-state index in [1.54, 1.807) is 36.4 Å². The summed E-state index contributed by atoms with van der Waals surface area (Å²) in [6.45, 7) is 4.02. The van der Waals surface area contributed by atoms with Gasteiger partial charge in [0.15, 0.2) is 29.6 Å². The smallest absolute Gasteiger partial charge is 0.271 e. The van der Waals surface area contributed by atoms with Gasteiger partial charge in [0.25, 0.3) is 11.8 Å². The van der Waals surface area contributed by atoms with Crippen LogP contribution in [0, 0.1) is 6.92 Å². The van der Waals surface area contributed by atoms with Gasteiger partial charge in [-0.15, -0.1) is 0 Å². The van der Waals surface area contributed by atoms with Crippen molar-refractivity contribution in [1.82, 2.24) is 5.43 Å². The second kappa shape index (κ2) is 13.3. The quantitative estimate of drug-likeness (QED) is 0.250. The Labute approximate surface area is 223 Å². The molecule has 9 nitrogen and oxygen atoms in total. The molecule has 0 atom stereocenters. The minimum Gasteiger partial charge on any atom is -0.493 e. The predicted molar refractivity (Wildman–Crippen MR) is 145 cm³/mol. The van der Waals surface area contributed by atoms with E-state index in [-0.39, 0.29) is 12.5 Å². The fraction of sp³-hybridized carbons (Fsp3) is 0.222. The Balaban J connectivity index is 1.64. The highest BCUT2D eigenvalue weighted by Crippen LogP contribution is 2.36. The molecular formula is C27H28BrN3O6. The zero-order valence-electron chi connectivity index (χ0n) is 21.0. The van der Waals surface area contributed by atoms with Crippen molar-refractivity contribution in [2.75, 3.05) is 32.8 Å². The van der Waals surface area contributed by atoms with Crippen LogP contribution < -0.4 is 29.7 Å². The summed E-state index contributed by atoms with van der Waals surface area (Å²) >= 11 is 3.45. The Morgan fingerprint density at radius 3 is 2.46 bits per heavy atom. The molecule has 194 valence electrons. The molecule has 0 spiro atoms. The van der Waals surface area contributed by atoms with E-state index in [9.17, 15) is 9.59 Å². The molecule has 0 heterocycles.